The van der Waals surface area contributed by atoms with Crippen LogP contribution in [0.1, 0.15) is 22.3 Å². The Morgan fingerprint density at radius 2 is 1.50 bits per heavy atom. The number of nitrogens with zero attached hydrogens (tertiary/aromatic N) is 1. The Bertz CT molecular complexity index is 787. The molecular formula is C18H14ClNO2. The van der Waals surface area contributed by atoms with E-state index >= 15 is 0 Å². The number of halogens is 1. The molecule has 22 heavy (non-hydrogen) atoms. The second-order valence-electron chi connectivity index (χ2n) is 5.20. The summed E-state index contributed by atoms with van der Waals surface area (Å²) in [5.74, 6) is -0.244. The molecule has 3 nitrogen and oxygen atoms in total. The molecule has 0 unspecified atom stereocenters. The summed E-state index contributed by atoms with van der Waals surface area (Å²) in [6.45, 7) is 3.98. The van der Waals surface area contributed by atoms with E-state index in [9.17, 15) is 4.79 Å². The number of hydrogen-bond acceptors (Lipinski definition) is 3. The summed E-state index contributed by atoms with van der Waals surface area (Å²) in [5.41, 5.74) is 3.88. The lowest BCUT2D eigenvalue weighted by molar-refractivity contribution is -0.129. The molecule has 1 heterocycles. The average Bonchev–Trinajstić information content (AvgIpc) is 2.90. The molecule has 3 rings (SSSR count). The normalized spacial score (nSPS) is 16.3. The van der Waals surface area contributed by atoms with Crippen molar-refractivity contribution in [2.75, 3.05) is 0 Å². The molecule has 0 bridgehead atoms. The Labute approximate surface area is 133 Å². The van der Waals surface area contributed by atoms with Gasteiger partial charge in [0.05, 0.1) is 5.03 Å². The van der Waals surface area contributed by atoms with Crippen LogP contribution >= 0.6 is 11.6 Å². The predicted octanol–water partition coefficient (Wildman–Crippen LogP) is 4.21. The minimum atomic E-state index is -0.527. The lowest BCUT2D eigenvalue weighted by atomic mass is 10.1. The number of aryl methyl sites for hydroxylation is 2. The van der Waals surface area contributed by atoms with E-state index in [2.05, 4.69) is 4.99 Å². The Morgan fingerprint density at radius 3 is 2.09 bits per heavy atom. The van der Waals surface area contributed by atoms with Gasteiger partial charge in [-0.25, -0.2) is 9.79 Å². The first-order valence-corrected chi connectivity index (χ1v) is 7.27. The van der Waals surface area contributed by atoms with Crippen molar-refractivity contribution in [1.82, 2.24) is 0 Å². The highest BCUT2D eigenvalue weighted by Crippen LogP contribution is 2.29. The van der Waals surface area contributed by atoms with E-state index in [1.54, 1.807) is 0 Å². The van der Waals surface area contributed by atoms with Gasteiger partial charge in [-0.05, 0) is 31.5 Å². The molecule has 1 aliphatic heterocycles. The molecule has 0 atom stereocenters. The maximum absolute atomic E-state index is 12.0. The first kappa shape index (κ1) is 14.5. The summed E-state index contributed by atoms with van der Waals surface area (Å²) in [6, 6.07) is 15.2. The highest BCUT2D eigenvalue weighted by atomic mass is 35.5. The summed E-state index contributed by atoms with van der Waals surface area (Å²) in [6.07, 6.45) is 0. The Morgan fingerprint density at radius 1 is 0.955 bits per heavy atom. The number of cyclic esters (lactones) is 1. The fourth-order valence-electron chi connectivity index (χ4n) is 2.10. The topological polar surface area (TPSA) is 38.7 Å². The van der Waals surface area contributed by atoms with Crippen molar-refractivity contribution >= 4 is 28.5 Å². The summed E-state index contributed by atoms with van der Waals surface area (Å²) >= 11 is 6.31. The molecule has 0 N–H and O–H groups in total. The largest absolute Gasteiger partial charge is 0.402 e. The van der Waals surface area contributed by atoms with Gasteiger partial charge in [-0.3, -0.25) is 0 Å². The number of carbonyl (C=O) groups excluding carboxylic acids is 1. The minimum absolute atomic E-state index is 0.140. The van der Waals surface area contributed by atoms with Crippen LogP contribution in [0.25, 0.3) is 5.03 Å². The first-order valence-electron chi connectivity index (χ1n) is 6.89. The predicted molar refractivity (Wildman–Crippen MR) is 87.8 cm³/mol. The summed E-state index contributed by atoms with van der Waals surface area (Å²) in [4.78, 5) is 16.3. The molecule has 110 valence electrons. The van der Waals surface area contributed by atoms with Crippen LogP contribution in [0.5, 0.6) is 0 Å². The van der Waals surface area contributed by atoms with E-state index in [1.807, 2.05) is 62.4 Å². The van der Waals surface area contributed by atoms with Crippen LogP contribution < -0.4 is 0 Å². The smallest absolute Gasteiger partial charge is 0.365 e. The van der Waals surface area contributed by atoms with Gasteiger partial charge in [0, 0.05) is 5.56 Å². The first-order chi connectivity index (χ1) is 10.5. The Kier molecular flexibility index (Phi) is 3.82. The lowest BCUT2D eigenvalue weighted by Gasteiger charge is -2.00. The van der Waals surface area contributed by atoms with Crippen molar-refractivity contribution in [2.45, 2.75) is 13.8 Å². The second-order valence-corrected chi connectivity index (χ2v) is 5.58. The molecule has 1 aliphatic rings. The van der Waals surface area contributed by atoms with E-state index in [4.69, 9.17) is 16.3 Å². The van der Waals surface area contributed by atoms with E-state index < -0.39 is 5.97 Å². The highest BCUT2D eigenvalue weighted by molar-refractivity contribution is 6.51. The Balaban J connectivity index is 2.00. The third-order valence-corrected chi connectivity index (χ3v) is 3.80. The van der Waals surface area contributed by atoms with Gasteiger partial charge >= 0.3 is 5.97 Å². The molecule has 0 spiro atoms. The van der Waals surface area contributed by atoms with Crippen LogP contribution in [0.2, 0.25) is 0 Å². The molecule has 4 heteroatoms. The van der Waals surface area contributed by atoms with Gasteiger partial charge in [0.2, 0.25) is 5.90 Å². The monoisotopic (exact) mass is 311 g/mol. The molecule has 0 saturated heterocycles. The Hall–Kier alpha value is -2.39. The third kappa shape index (κ3) is 2.81. The number of rotatable bonds is 2. The van der Waals surface area contributed by atoms with Crippen molar-refractivity contribution < 1.29 is 9.53 Å². The van der Waals surface area contributed by atoms with Crippen molar-refractivity contribution in [2.24, 2.45) is 4.99 Å². The molecule has 0 aliphatic carbocycles. The molecule has 0 saturated carbocycles. The zero-order valence-corrected chi connectivity index (χ0v) is 13.0. The van der Waals surface area contributed by atoms with Crippen LogP contribution in [0.15, 0.2) is 59.2 Å². The van der Waals surface area contributed by atoms with Crippen LogP contribution in [-0.4, -0.2) is 11.9 Å². The maximum Gasteiger partial charge on any atom is 0.365 e. The van der Waals surface area contributed by atoms with Gasteiger partial charge < -0.3 is 4.74 Å². The van der Waals surface area contributed by atoms with Gasteiger partial charge in [-0.15, -0.1) is 0 Å². The highest BCUT2D eigenvalue weighted by Gasteiger charge is 2.27. The molecule has 0 fully saturated rings. The molecule has 0 radical (unpaired) electrons. The number of benzene rings is 2. The summed E-state index contributed by atoms with van der Waals surface area (Å²) in [7, 11) is 0. The van der Waals surface area contributed by atoms with Crippen LogP contribution in [0.4, 0.5) is 0 Å². The van der Waals surface area contributed by atoms with E-state index in [0.717, 1.165) is 22.3 Å². The van der Waals surface area contributed by atoms with Crippen LogP contribution in [0.3, 0.4) is 0 Å². The number of esters is 1. The standard InChI is InChI=1S/C18H14ClNO2/c1-11-3-7-13(8-4-11)15(19)16-18(21)22-17(20-16)14-9-5-12(2)6-10-14/h3-10H,1-2H3/b16-15+. The quantitative estimate of drug-likeness (QED) is 0.615. The molecular weight excluding hydrogens is 298 g/mol. The van der Waals surface area contributed by atoms with Gasteiger partial charge in [0.1, 0.15) is 0 Å². The van der Waals surface area contributed by atoms with Gasteiger partial charge in [0.25, 0.3) is 0 Å². The number of hydrogen-bond donors (Lipinski definition) is 0. The molecule has 0 amide bonds. The van der Waals surface area contributed by atoms with Crippen molar-refractivity contribution in [3.63, 3.8) is 0 Å². The van der Waals surface area contributed by atoms with E-state index in [-0.39, 0.29) is 11.6 Å². The molecule has 0 aromatic heterocycles. The second kappa shape index (κ2) is 5.78. The fourth-order valence-corrected chi connectivity index (χ4v) is 2.35. The fraction of sp³-hybridized carbons (Fsp3) is 0.111. The summed E-state index contributed by atoms with van der Waals surface area (Å²) in [5, 5.41) is 0.298. The SMILES string of the molecule is Cc1ccc(C2=N/C(=C(/Cl)c3ccc(C)cc3)C(=O)O2)cc1. The van der Waals surface area contributed by atoms with E-state index in [1.165, 1.54) is 0 Å². The van der Waals surface area contributed by atoms with Crippen molar-refractivity contribution in [1.29, 1.82) is 0 Å². The number of carbonyl (C=O) groups is 1. The van der Waals surface area contributed by atoms with Gasteiger partial charge in [-0.2, -0.15) is 0 Å². The average molecular weight is 312 g/mol. The molecule has 2 aromatic rings. The van der Waals surface area contributed by atoms with Crippen molar-refractivity contribution in [3.8, 4) is 0 Å². The van der Waals surface area contributed by atoms with E-state index in [0.29, 0.717) is 5.03 Å². The third-order valence-electron chi connectivity index (χ3n) is 3.41. The zero-order valence-electron chi connectivity index (χ0n) is 12.3. The van der Waals surface area contributed by atoms with Crippen molar-refractivity contribution in [3.05, 3.63) is 76.5 Å². The number of ether oxygens (including phenoxy) is 1. The van der Waals surface area contributed by atoms with Gasteiger partial charge in [-0.1, -0.05) is 59.1 Å². The molecule has 2 aromatic carbocycles. The summed E-state index contributed by atoms with van der Waals surface area (Å²) < 4.78 is 5.23. The lowest BCUT2D eigenvalue weighted by Crippen LogP contribution is -2.05. The van der Waals surface area contributed by atoms with Crippen LogP contribution in [-0.2, 0) is 9.53 Å². The van der Waals surface area contributed by atoms with Gasteiger partial charge in [0.15, 0.2) is 5.70 Å². The number of aliphatic imine (C=N–C) groups is 1. The minimum Gasteiger partial charge on any atom is -0.402 e. The maximum atomic E-state index is 12.0. The van der Waals surface area contributed by atoms with Crippen LogP contribution in [0, 0.1) is 13.8 Å². The zero-order chi connectivity index (χ0) is 15.7.